The Morgan fingerprint density at radius 3 is 2.44 bits per heavy atom. The van der Waals surface area contributed by atoms with Crippen LogP contribution in [0.5, 0.6) is 0 Å². The molecule has 0 saturated carbocycles. The van der Waals surface area contributed by atoms with E-state index in [1.54, 1.807) is 29.9 Å². The van der Waals surface area contributed by atoms with E-state index in [9.17, 15) is 0 Å². The molecule has 2 aromatic heterocycles. The van der Waals surface area contributed by atoms with Crippen molar-refractivity contribution in [2.24, 2.45) is 11.8 Å². The third kappa shape index (κ3) is 3.83. The van der Waals surface area contributed by atoms with Crippen LogP contribution in [0.3, 0.4) is 0 Å². The largest absolute Gasteiger partial charge is 0.250 e. The minimum atomic E-state index is 0.723. The summed E-state index contributed by atoms with van der Waals surface area (Å²) in [7, 11) is 0. The van der Waals surface area contributed by atoms with Crippen molar-refractivity contribution in [1.29, 1.82) is 0 Å². The van der Waals surface area contributed by atoms with Crippen LogP contribution >= 0.6 is 23.7 Å². The molecule has 4 rings (SSSR count). The Morgan fingerprint density at radius 1 is 1.00 bits per heavy atom. The van der Waals surface area contributed by atoms with Gasteiger partial charge in [-0.05, 0) is 64.8 Å². The molecule has 3 aromatic rings. The highest BCUT2D eigenvalue weighted by molar-refractivity contribution is 7.99. The molecular formula is C18H20N4OS2. The van der Waals surface area contributed by atoms with Crippen LogP contribution in [0.2, 0.25) is 0 Å². The zero-order valence-electron chi connectivity index (χ0n) is 14.3. The second-order valence-electron chi connectivity index (χ2n) is 6.68. The first-order valence-electron chi connectivity index (χ1n) is 8.46. The predicted molar refractivity (Wildman–Crippen MR) is 101 cm³/mol. The molecule has 0 spiro atoms. The van der Waals surface area contributed by atoms with E-state index in [1.807, 2.05) is 18.2 Å². The third-order valence-corrected chi connectivity index (χ3v) is 6.34. The number of hydrogen-bond donors (Lipinski definition) is 0. The van der Waals surface area contributed by atoms with Crippen molar-refractivity contribution in [3.8, 4) is 0 Å². The van der Waals surface area contributed by atoms with Crippen LogP contribution in [-0.2, 0) is 0 Å². The normalized spacial score (nSPS) is 21.7. The minimum absolute atomic E-state index is 0.723. The Hall–Kier alpha value is -1.57. The first-order valence-corrected chi connectivity index (χ1v) is 10.0. The van der Waals surface area contributed by atoms with Crippen LogP contribution in [0.1, 0.15) is 20.3 Å². The first kappa shape index (κ1) is 16.9. The summed E-state index contributed by atoms with van der Waals surface area (Å²) in [6, 6.07) is 10.1. The number of hydrogen-bond acceptors (Lipinski definition) is 7. The maximum absolute atomic E-state index is 5.05. The Morgan fingerprint density at radius 2 is 1.72 bits per heavy atom. The van der Waals surface area contributed by atoms with Gasteiger partial charge in [0.2, 0.25) is 0 Å². The van der Waals surface area contributed by atoms with Crippen LogP contribution < -0.4 is 0 Å². The molecule has 0 N–H and O–H groups in total. The molecule has 130 valence electrons. The summed E-state index contributed by atoms with van der Waals surface area (Å²) in [5.74, 6) is 1.45. The number of fused-ring (bicyclic) bond motifs is 1. The molecule has 1 aromatic carbocycles. The van der Waals surface area contributed by atoms with Crippen LogP contribution in [0.4, 0.5) is 0 Å². The standard InChI is InChI=1S/C18H20N4OS2/c1-12-9-13(2)11-22(10-12)25-15-7-6-14(17-18(15)21-23-20-17)24-16-5-3-4-8-19-16/h3-8,12-13H,9-11H2,1-2H3. The van der Waals surface area contributed by atoms with Crippen molar-refractivity contribution in [1.82, 2.24) is 19.6 Å². The molecule has 1 saturated heterocycles. The molecule has 25 heavy (non-hydrogen) atoms. The molecular weight excluding hydrogens is 352 g/mol. The molecule has 0 radical (unpaired) electrons. The van der Waals surface area contributed by atoms with Crippen LogP contribution in [0.15, 0.2) is 56.0 Å². The summed E-state index contributed by atoms with van der Waals surface area (Å²) >= 11 is 3.35. The highest BCUT2D eigenvalue weighted by Gasteiger charge is 2.24. The second-order valence-corrected chi connectivity index (χ2v) is 8.88. The Bertz CT molecular complexity index is 845. The lowest BCUT2D eigenvalue weighted by Crippen LogP contribution is -2.33. The molecule has 1 fully saturated rings. The average Bonchev–Trinajstić information content (AvgIpc) is 3.07. The van der Waals surface area contributed by atoms with Crippen molar-refractivity contribution < 1.29 is 4.63 Å². The summed E-state index contributed by atoms with van der Waals surface area (Å²) in [6.45, 7) is 6.85. The summed E-state index contributed by atoms with van der Waals surface area (Å²) in [4.78, 5) is 6.48. The molecule has 0 aliphatic carbocycles. The molecule has 2 atom stereocenters. The van der Waals surface area contributed by atoms with Crippen LogP contribution in [-0.4, -0.2) is 32.7 Å². The van der Waals surface area contributed by atoms with Gasteiger partial charge in [-0.1, -0.05) is 31.7 Å². The number of rotatable bonds is 4. The van der Waals surface area contributed by atoms with E-state index in [2.05, 4.69) is 45.6 Å². The lowest BCUT2D eigenvalue weighted by atomic mass is 9.94. The monoisotopic (exact) mass is 372 g/mol. The van der Waals surface area contributed by atoms with Gasteiger partial charge in [-0.15, -0.1) is 0 Å². The third-order valence-electron chi connectivity index (χ3n) is 4.26. The SMILES string of the molecule is CC1CC(C)CN(Sc2ccc(Sc3ccccn3)c3nonc23)C1. The van der Waals surface area contributed by atoms with Crippen LogP contribution in [0, 0.1) is 11.8 Å². The molecule has 2 unspecified atom stereocenters. The van der Waals surface area contributed by atoms with Gasteiger partial charge in [0.05, 0.1) is 4.90 Å². The summed E-state index contributed by atoms with van der Waals surface area (Å²) in [6.07, 6.45) is 3.10. The van der Waals surface area contributed by atoms with Gasteiger partial charge in [0.1, 0.15) is 10.5 Å². The fourth-order valence-electron chi connectivity index (χ4n) is 3.32. The van der Waals surface area contributed by atoms with Gasteiger partial charge in [0, 0.05) is 24.2 Å². The van der Waals surface area contributed by atoms with E-state index in [0.29, 0.717) is 0 Å². The quantitative estimate of drug-likeness (QED) is 0.612. The molecule has 0 amide bonds. The Labute approximate surface area is 155 Å². The molecule has 0 bridgehead atoms. The average molecular weight is 373 g/mol. The van der Waals surface area contributed by atoms with Crippen molar-refractivity contribution in [2.45, 2.75) is 35.1 Å². The second kappa shape index (κ2) is 7.35. The fraction of sp³-hybridized carbons (Fsp3) is 0.389. The number of pyridine rings is 1. The fourth-order valence-corrected chi connectivity index (χ4v) is 5.45. The summed E-state index contributed by atoms with van der Waals surface area (Å²) in [5.41, 5.74) is 1.63. The van der Waals surface area contributed by atoms with Gasteiger partial charge in [-0.2, -0.15) is 0 Å². The summed E-state index contributed by atoms with van der Waals surface area (Å²) < 4.78 is 7.49. The van der Waals surface area contributed by atoms with Crippen molar-refractivity contribution in [3.63, 3.8) is 0 Å². The van der Waals surface area contributed by atoms with Gasteiger partial charge < -0.3 is 0 Å². The number of nitrogens with zero attached hydrogens (tertiary/aromatic N) is 4. The topological polar surface area (TPSA) is 55.1 Å². The highest BCUT2D eigenvalue weighted by Crippen LogP contribution is 2.38. The van der Waals surface area contributed by atoms with E-state index in [-0.39, 0.29) is 0 Å². The van der Waals surface area contributed by atoms with Gasteiger partial charge in [0.25, 0.3) is 0 Å². The number of aromatic nitrogens is 3. The summed E-state index contributed by atoms with van der Waals surface area (Å²) in [5, 5.41) is 9.23. The van der Waals surface area contributed by atoms with Gasteiger partial charge in [-0.3, -0.25) is 0 Å². The predicted octanol–water partition coefficient (Wildman–Crippen LogP) is 4.75. The molecule has 7 heteroatoms. The molecule has 1 aliphatic rings. The van der Waals surface area contributed by atoms with E-state index in [1.165, 1.54) is 6.42 Å². The van der Waals surface area contributed by atoms with Gasteiger partial charge in [0.15, 0.2) is 5.52 Å². The lowest BCUT2D eigenvalue weighted by Gasteiger charge is -2.33. The maximum Gasteiger partial charge on any atom is 0.151 e. The Balaban J connectivity index is 1.59. The van der Waals surface area contributed by atoms with E-state index >= 15 is 0 Å². The lowest BCUT2D eigenvalue weighted by molar-refractivity contribution is 0.237. The Kier molecular flexibility index (Phi) is 4.96. The molecule has 1 aliphatic heterocycles. The first-order chi connectivity index (χ1) is 12.2. The van der Waals surface area contributed by atoms with E-state index < -0.39 is 0 Å². The minimum Gasteiger partial charge on any atom is -0.250 e. The molecule has 3 heterocycles. The molecule has 5 nitrogen and oxygen atoms in total. The smallest absolute Gasteiger partial charge is 0.151 e. The van der Waals surface area contributed by atoms with Crippen molar-refractivity contribution in [3.05, 3.63) is 36.5 Å². The van der Waals surface area contributed by atoms with E-state index in [0.717, 1.165) is 50.8 Å². The number of benzene rings is 1. The van der Waals surface area contributed by atoms with Gasteiger partial charge >= 0.3 is 0 Å². The highest BCUT2D eigenvalue weighted by atomic mass is 32.2. The zero-order valence-corrected chi connectivity index (χ0v) is 15.9. The van der Waals surface area contributed by atoms with Gasteiger partial charge in [-0.25, -0.2) is 13.9 Å². The zero-order chi connectivity index (χ0) is 17.2. The van der Waals surface area contributed by atoms with Crippen molar-refractivity contribution >= 4 is 34.7 Å². The van der Waals surface area contributed by atoms with E-state index in [4.69, 9.17) is 4.63 Å². The van der Waals surface area contributed by atoms with Crippen LogP contribution in [0.25, 0.3) is 11.0 Å². The number of piperidine rings is 1. The van der Waals surface area contributed by atoms with Crippen molar-refractivity contribution in [2.75, 3.05) is 13.1 Å². The maximum atomic E-state index is 5.05.